The average molecular weight is 212 g/mol. The highest BCUT2D eigenvalue weighted by molar-refractivity contribution is 4.84. The summed E-state index contributed by atoms with van der Waals surface area (Å²) in [6.45, 7) is 3.05. The van der Waals surface area contributed by atoms with Gasteiger partial charge in [-0.15, -0.1) is 0 Å². The Kier molecular flexibility index (Phi) is 4.00. The lowest BCUT2D eigenvalue weighted by Crippen LogP contribution is -2.42. The van der Waals surface area contributed by atoms with Gasteiger partial charge < -0.3 is 4.74 Å². The van der Waals surface area contributed by atoms with E-state index < -0.39 is 0 Å². The Morgan fingerprint density at radius 3 is 2.67 bits per heavy atom. The molecule has 0 amide bonds. The Morgan fingerprint density at radius 2 is 2.13 bits per heavy atom. The first-order valence-corrected chi connectivity index (χ1v) is 6.37. The molecule has 3 nitrogen and oxygen atoms in total. The van der Waals surface area contributed by atoms with Gasteiger partial charge in [0.15, 0.2) is 0 Å². The fourth-order valence-electron chi connectivity index (χ4n) is 3.13. The van der Waals surface area contributed by atoms with Crippen molar-refractivity contribution >= 4 is 0 Å². The van der Waals surface area contributed by atoms with E-state index >= 15 is 0 Å². The second-order valence-electron chi connectivity index (χ2n) is 5.30. The SMILES string of the molecule is CC1CC(C(CC2CCCC2)NN)CO1. The van der Waals surface area contributed by atoms with Crippen LogP contribution in [0.5, 0.6) is 0 Å². The van der Waals surface area contributed by atoms with Crippen LogP contribution < -0.4 is 11.3 Å². The lowest BCUT2D eigenvalue weighted by atomic mass is 9.88. The predicted molar refractivity (Wildman–Crippen MR) is 61.2 cm³/mol. The van der Waals surface area contributed by atoms with Gasteiger partial charge in [0, 0.05) is 12.0 Å². The number of hydrazine groups is 1. The first-order valence-electron chi connectivity index (χ1n) is 6.37. The van der Waals surface area contributed by atoms with Crippen LogP contribution >= 0.6 is 0 Å². The molecule has 1 heterocycles. The highest BCUT2D eigenvalue weighted by Crippen LogP contribution is 2.32. The lowest BCUT2D eigenvalue weighted by molar-refractivity contribution is 0.115. The highest BCUT2D eigenvalue weighted by atomic mass is 16.5. The molecule has 3 unspecified atom stereocenters. The summed E-state index contributed by atoms with van der Waals surface area (Å²) >= 11 is 0. The average Bonchev–Trinajstić information content (AvgIpc) is 2.85. The van der Waals surface area contributed by atoms with E-state index in [2.05, 4.69) is 12.3 Å². The van der Waals surface area contributed by atoms with Gasteiger partial charge in [0.05, 0.1) is 12.7 Å². The van der Waals surface area contributed by atoms with E-state index in [-0.39, 0.29) is 0 Å². The minimum Gasteiger partial charge on any atom is -0.378 e. The van der Waals surface area contributed by atoms with Crippen molar-refractivity contribution in [3.05, 3.63) is 0 Å². The molecule has 0 aromatic carbocycles. The summed E-state index contributed by atoms with van der Waals surface area (Å²) < 4.78 is 5.62. The molecule has 3 heteroatoms. The fourth-order valence-corrected chi connectivity index (χ4v) is 3.13. The van der Waals surface area contributed by atoms with Gasteiger partial charge in [-0.3, -0.25) is 11.3 Å². The number of nitrogens with two attached hydrogens (primary N) is 1. The molecule has 1 saturated heterocycles. The Bertz CT molecular complexity index is 192. The second-order valence-corrected chi connectivity index (χ2v) is 5.30. The molecule has 0 aromatic rings. The summed E-state index contributed by atoms with van der Waals surface area (Å²) in [5.41, 5.74) is 3.01. The normalized spacial score (nSPS) is 34.8. The fraction of sp³-hybridized carbons (Fsp3) is 1.00. The van der Waals surface area contributed by atoms with Gasteiger partial charge in [-0.1, -0.05) is 25.7 Å². The topological polar surface area (TPSA) is 47.3 Å². The third-order valence-corrected chi connectivity index (χ3v) is 4.07. The van der Waals surface area contributed by atoms with Crippen LogP contribution in [0, 0.1) is 11.8 Å². The molecule has 0 aromatic heterocycles. The van der Waals surface area contributed by atoms with Gasteiger partial charge in [0.25, 0.3) is 0 Å². The minimum absolute atomic E-state index is 0.425. The van der Waals surface area contributed by atoms with Gasteiger partial charge in [-0.05, 0) is 25.7 Å². The zero-order valence-electron chi connectivity index (χ0n) is 9.74. The highest BCUT2D eigenvalue weighted by Gasteiger charge is 2.31. The van der Waals surface area contributed by atoms with Crippen molar-refractivity contribution in [2.75, 3.05) is 6.61 Å². The van der Waals surface area contributed by atoms with Crippen molar-refractivity contribution < 1.29 is 4.74 Å². The lowest BCUT2D eigenvalue weighted by Gasteiger charge is -2.24. The minimum atomic E-state index is 0.425. The third-order valence-electron chi connectivity index (χ3n) is 4.07. The summed E-state index contributed by atoms with van der Waals surface area (Å²) in [5, 5.41) is 0. The van der Waals surface area contributed by atoms with Crippen molar-refractivity contribution in [2.45, 2.75) is 57.6 Å². The summed E-state index contributed by atoms with van der Waals surface area (Å²) in [7, 11) is 0. The summed E-state index contributed by atoms with van der Waals surface area (Å²) in [4.78, 5) is 0. The van der Waals surface area contributed by atoms with Crippen LogP contribution in [0.3, 0.4) is 0 Å². The molecule has 1 aliphatic carbocycles. The van der Waals surface area contributed by atoms with Crippen LogP contribution in [0.25, 0.3) is 0 Å². The van der Waals surface area contributed by atoms with E-state index in [0.29, 0.717) is 18.1 Å². The molecule has 88 valence electrons. The standard InChI is InChI=1S/C12H24N2O/c1-9-6-11(8-15-9)12(14-13)7-10-4-2-3-5-10/h9-12,14H,2-8,13H2,1H3. The van der Waals surface area contributed by atoms with Crippen molar-refractivity contribution in [1.29, 1.82) is 0 Å². The van der Waals surface area contributed by atoms with Crippen LogP contribution in [0.1, 0.15) is 45.4 Å². The summed E-state index contributed by atoms with van der Waals surface area (Å²) in [6, 6.07) is 0.470. The van der Waals surface area contributed by atoms with Crippen molar-refractivity contribution in [3.8, 4) is 0 Å². The summed E-state index contributed by atoms with van der Waals surface area (Å²) in [6.07, 6.45) is 8.48. The van der Waals surface area contributed by atoms with Crippen molar-refractivity contribution in [3.63, 3.8) is 0 Å². The van der Waals surface area contributed by atoms with E-state index in [9.17, 15) is 0 Å². The number of rotatable bonds is 4. The van der Waals surface area contributed by atoms with E-state index in [1.807, 2.05) is 0 Å². The van der Waals surface area contributed by atoms with Crippen molar-refractivity contribution in [2.24, 2.45) is 17.7 Å². The van der Waals surface area contributed by atoms with E-state index in [4.69, 9.17) is 10.6 Å². The van der Waals surface area contributed by atoms with Gasteiger partial charge >= 0.3 is 0 Å². The molecule has 0 bridgehead atoms. The first kappa shape index (κ1) is 11.4. The number of hydrogen-bond donors (Lipinski definition) is 2. The number of hydrogen-bond acceptors (Lipinski definition) is 3. The van der Waals surface area contributed by atoms with Gasteiger partial charge in [-0.2, -0.15) is 0 Å². The smallest absolute Gasteiger partial charge is 0.0551 e. The van der Waals surface area contributed by atoms with Gasteiger partial charge in [0.1, 0.15) is 0 Å². The van der Waals surface area contributed by atoms with Crippen LogP contribution in [-0.2, 0) is 4.74 Å². The van der Waals surface area contributed by atoms with Crippen LogP contribution in [0.15, 0.2) is 0 Å². The molecular formula is C12H24N2O. The van der Waals surface area contributed by atoms with Gasteiger partial charge in [-0.25, -0.2) is 0 Å². The molecule has 2 rings (SSSR count). The Hall–Kier alpha value is -0.120. The maximum Gasteiger partial charge on any atom is 0.0551 e. The summed E-state index contributed by atoms with van der Waals surface area (Å²) in [5.74, 6) is 7.21. The molecule has 3 N–H and O–H groups in total. The molecule has 1 saturated carbocycles. The van der Waals surface area contributed by atoms with Gasteiger partial charge in [0.2, 0.25) is 0 Å². The van der Waals surface area contributed by atoms with E-state index in [1.165, 1.54) is 38.5 Å². The van der Waals surface area contributed by atoms with E-state index in [0.717, 1.165) is 12.5 Å². The Labute approximate surface area is 92.7 Å². The third kappa shape index (κ3) is 2.92. The first-order chi connectivity index (χ1) is 7.29. The Morgan fingerprint density at radius 1 is 1.40 bits per heavy atom. The molecule has 3 atom stereocenters. The van der Waals surface area contributed by atoms with E-state index in [1.54, 1.807) is 0 Å². The molecule has 2 fully saturated rings. The Balaban J connectivity index is 1.80. The second kappa shape index (κ2) is 5.28. The molecule has 0 spiro atoms. The maximum absolute atomic E-state index is 5.67. The zero-order valence-corrected chi connectivity index (χ0v) is 9.74. The molecule has 1 aliphatic heterocycles. The molecule has 2 aliphatic rings. The monoisotopic (exact) mass is 212 g/mol. The predicted octanol–water partition coefficient (Wildman–Crippen LogP) is 1.82. The molecule has 15 heavy (non-hydrogen) atoms. The van der Waals surface area contributed by atoms with Crippen LogP contribution in [0.4, 0.5) is 0 Å². The van der Waals surface area contributed by atoms with Crippen LogP contribution in [0.2, 0.25) is 0 Å². The zero-order chi connectivity index (χ0) is 10.7. The number of nitrogens with one attached hydrogen (secondary N) is 1. The molecule has 0 radical (unpaired) electrons. The molecular weight excluding hydrogens is 188 g/mol. The largest absolute Gasteiger partial charge is 0.378 e. The number of ether oxygens (including phenoxy) is 1. The van der Waals surface area contributed by atoms with Crippen LogP contribution in [-0.4, -0.2) is 18.8 Å². The maximum atomic E-state index is 5.67. The quantitative estimate of drug-likeness (QED) is 0.552. The van der Waals surface area contributed by atoms with Crippen molar-refractivity contribution in [1.82, 2.24) is 5.43 Å².